The molecule has 4 aromatic rings. The Bertz CT molecular complexity index is 1330. The number of hydrogen-bond acceptors (Lipinski definition) is 3. The number of ether oxygens (including phenoxy) is 2. The molecule has 0 saturated carbocycles. The van der Waals surface area contributed by atoms with Crippen LogP contribution < -0.4 is 14.4 Å². The highest BCUT2D eigenvalue weighted by Crippen LogP contribution is 2.55. The monoisotopic (exact) mass is 533 g/mol. The molecule has 0 radical (unpaired) electrons. The molecule has 1 aliphatic rings. The number of unbranched alkanes of at least 4 members (excludes halogenated alkanes) is 4. The first-order valence-corrected chi connectivity index (χ1v) is 15.0. The van der Waals surface area contributed by atoms with Crippen molar-refractivity contribution in [3.63, 3.8) is 0 Å². The van der Waals surface area contributed by atoms with Crippen molar-refractivity contribution in [2.24, 2.45) is 0 Å². The molecule has 0 aromatic heterocycles. The molecule has 0 atom stereocenters. The van der Waals surface area contributed by atoms with Crippen LogP contribution in [0.5, 0.6) is 11.5 Å². The summed E-state index contributed by atoms with van der Waals surface area (Å²) in [6.07, 6.45) is 9.92. The van der Waals surface area contributed by atoms with Crippen LogP contribution >= 0.6 is 0 Å². The molecule has 0 saturated heterocycles. The smallest absolute Gasteiger partial charge is 0.119 e. The van der Waals surface area contributed by atoms with E-state index in [4.69, 9.17) is 9.47 Å². The number of hydrogen-bond donors (Lipinski definition) is 0. The summed E-state index contributed by atoms with van der Waals surface area (Å²) in [7, 11) is 3.43. The molecule has 0 N–H and O–H groups in total. The van der Waals surface area contributed by atoms with Crippen LogP contribution in [0.1, 0.15) is 76.3 Å². The van der Waals surface area contributed by atoms with Crippen LogP contribution in [0, 0.1) is 0 Å². The van der Waals surface area contributed by atoms with Crippen LogP contribution in [-0.4, -0.2) is 14.2 Å². The normalized spacial score (nSPS) is 13.0. The van der Waals surface area contributed by atoms with Crippen molar-refractivity contribution in [3.05, 3.63) is 102 Å². The summed E-state index contributed by atoms with van der Waals surface area (Å²) in [5.41, 5.74) is 9.26. The van der Waals surface area contributed by atoms with E-state index >= 15 is 0 Å². The summed E-state index contributed by atoms with van der Waals surface area (Å²) in [5, 5.41) is 0. The van der Waals surface area contributed by atoms with E-state index in [0.717, 1.165) is 22.9 Å². The molecule has 0 unspecified atom stereocenters. The van der Waals surface area contributed by atoms with Gasteiger partial charge in [-0.05, 0) is 95.8 Å². The third-order valence-electron chi connectivity index (χ3n) is 8.59. The molecule has 40 heavy (non-hydrogen) atoms. The van der Waals surface area contributed by atoms with Crippen molar-refractivity contribution in [3.8, 4) is 22.6 Å². The van der Waals surface area contributed by atoms with Crippen LogP contribution in [0.2, 0.25) is 0 Å². The number of benzene rings is 4. The lowest BCUT2D eigenvalue weighted by molar-refractivity contribution is 0.405. The van der Waals surface area contributed by atoms with Crippen LogP contribution in [0.3, 0.4) is 0 Å². The van der Waals surface area contributed by atoms with Gasteiger partial charge in [0.25, 0.3) is 0 Å². The lowest BCUT2D eigenvalue weighted by atomic mass is 9.70. The molecule has 208 valence electrons. The largest absolute Gasteiger partial charge is 0.497 e. The summed E-state index contributed by atoms with van der Waals surface area (Å²) in [5.74, 6) is 1.71. The van der Waals surface area contributed by atoms with Crippen LogP contribution in [0.15, 0.2) is 91.0 Å². The van der Waals surface area contributed by atoms with Gasteiger partial charge in [-0.2, -0.15) is 0 Å². The molecule has 0 bridgehead atoms. The number of anilines is 3. The molecule has 3 heteroatoms. The molecule has 0 aliphatic heterocycles. The molecule has 0 amide bonds. The lowest BCUT2D eigenvalue weighted by Crippen LogP contribution is -2.26. The Labute approximate surface area is 240 Å². The SMILES string of the molecule is CCCCCC1(CCCCC)c2ccccc2-c2ccc(N(c3ccc(OC)cc3)c3ccc(OC)cc3)cc21. The Hall–Kier alpha value is -3.72. The van der Waals surface area contributed by atoms with Gasteiger partial charge in [0.1, 0.15) is 11.5 Å². The second-order valence-electron chi connectivity index (χ2n) is 11.0. The van der Waals surface area contributed by atoms with E-state index in [2.05, 4.69) is 85.5 Å². The average Bonchev–Trinajstić information content (AvgIpc) is 3.27. The van der Waals surface area contributed by atoms with Crippen LogP contribution in [0.25, 0.3) is 11.1 Å². The van der Waals surface area contributed by atoms with E-state index in [-0.39, 0.29) is 5.41 Å². The summed E-state index contributed by atoms with van der Waals surface area (Å²) in [4.78, 5) is 2.35. The van der Waals surface area contributed by atoms with Crippen LogP contribution in [-0.2, 0) is 5.41 Å². The summed E-state index contributed by atoms with van der Waals surface area (Å²) >= 11 is 0. The highest BCUT2D eigenvalue weighted by atomic mass is 16.5. The van der Waals surface area contributed by atoms with Gasteiger partial charge in [-0.3, -0.25) is 0 Å². The maximum atomic E-state index is 5.47. The standard InChI is InChI=1S/C37H43NO2/c1-5-7-11-25-37(26-12-8-6-2)35-14-10-9-13-33(35)34-24-19-30(27-36(34)37)38(28-15-20-31(39-3)21-16-28)29-17-22-32(40-4)23-18-29/h9-10,13-24,27H,5-8,11-12,25-26H2,1-4H3. The summed E-state index contributed by atoms with van der Waals surface area (Å²) in [6, 6.07) is 33.0. The highest BCUT2D eigenvalue weighted by molar-refractivity contribution is 5.86. The maximum Gasteiger partial charge on any atom is 0.119 e. The van der Waals surface area contributed by atoms with Gasteiger partial charge in [0.05, 0.1) is 14.2 Å². The van der Waals surface area contributed by atoms with Gasteiger partial charge in [-0.1, -0.05) is 82.7 Å². The Morgan fingerprint density at radius 1 is 0.550 bits per heavy atom. The van der Waals surface area contributed by atoms with E-state index < -0.39 is 0 Å². The van der Waals surface area contributed by atoms with Crippen molar-refractivity contribution in [1.82, 2.24) is 0 Å². The number of fused-ring (bicyclic) bond motifs is 3. The lowest BCUT2D eigenvalue weighted by Gasteiger charge is -2.34. The van der Waals surface area contributed by atoms with E-state index in [1.165, 1.54) is 79.3 Å². The molecule has 0 fully saturated rings. The van der Waals surface area contributed by atoms with E-state index in [1.54, 1.807) is 14.2 Å². The quantitative estimate of drug-likeness (QED) is 0.160. The molecular weight excluding hydrogens is 490 g/mol. The highest BCUT2D eigenvalue weighted by Gasteiger charge is 2.42. The fraction of sp³-hybridized carbons (Fsp3) is 0.351. The first-order chi connectivity index (χ1) is 19.6. The zero-order valence-corrected chi connectivity index (χ0v) is 24.6. The maximum absolute atomic E-state index is 5.47. The molecule has 1 aliphatic carbocycles. The van der Waals surface area contributed by atoms with Gasteiger partial charge >= 0.3 is 0 Å². The first-order valence-electron chi connectivity index (χ1n) is 15.0. The van der Waals surface area contributed by atoms with Gasteiger partial charge < -0.3 is 14.4 Å². The van der Waals surface area contributed by atoms with E-state index in [0.29, 0.717) is 0 Å². The molecule has 4 aromatic carbocycles. The molecular formula is C37H43NO2. The minimum atomic E-state index is 0.0533. The fourth-order valence-electron chi connectivity index (χ4n) is 6.51. The third-order valence-corrected chi connectivity index (χ3v) is 8.59. The van der Waals surface area contributed by atoms with E-state index in [9.17, 15) is 0 Å². The zero-order valence-electron chi connectivity index (χ0n) is 24.6. The topological polar surface area (TPSA) is 21.7 Å². The van der Waals surface area contributed by atoms with Crippen LogP contribution in [0.4, 0.5) is 17.1 Å². The third kappa shape index (κ3) is 5.35. The Balaban J connectivity index is 1.67. The van der Waals surface area contributed by atoms with Gasteiger partial charge in [0, 0.05) is 22.5 Å². The Morgan fingerprint density at radius 2 is 1.05 bits per heavy atom. The molecule has 0 spiro atoms. The Morgan fingerprint density at radius 3 is 1.57 bits per heavy atom. The second-order valence-corrected chi connectivity index (χ2v) is 11.0. The van der Waals surface area contributed by atoms with Crippen molar-refractivity contribution in [2.45, 2.75) is 70.6 Å². The summed E-state index contributed by atoms with van der Waals surface area (Å²) in [6.45, 7) is 4.61. The minimum absolute atomic E-state index is 0.0533. The predicted octanol–water partition coefficient (Wildman–Crippen LogP) is 10.6. The molecule has 0 heterocycles. The summed E-state index contributed by atoms with van der Waals surface area (Å²) < 4.78 is 10.9. The van der Waals surface area contributed by atoms with Crippen molar-refractivity contribution in [2.75, 3.05) is 19.1 Å². The molecule has 3 nitrogen and oxygen atoms in total. The van der Waals surface area contributed by atoms with Gasteiger partial charge in [0.15, 0.2) is 0 Å². The molecule has 5 rings (SSSR count). The van der Waals surface area contributed by atoms with Crippen molar-refractivity contribution in [1.29, 1.82) is 0 Å². The first kappa shape index (κ1) is 27.8. The van der Waals surface area contributed by atoms with Gasteiger partial charge in [0.2, 0.25) is 0 Å². The van der Waals surface area contributed by atoms with Crippen molar-refractivity contribution >= 4 is 17.1 Å². The van der Waals surface area contributed by atoms with Crippen molar-refractivity contribution < 1.29 is 9.47 Å². The number of methoxy groups -OCH3 is 2. The zero-order chi connectivity index (χ0) is 28.0. The van der Waals surface area contributed by atoms with Gasteiger partial charge in [-0.25, -0.2) is 0 Å². The number of nitrogens with zero attached hydrogens (tertiary/aromatic N) is 1. The predicted molar refractivity (Wildman–Crippen MR) is 169 cm³/mol. The minimum Gasteiger partial charge on any atom is -0.497 e. The van der Waals surface area contributed by atoms with Gasteiger partial charge in [-0.15, -0.1) is 0 Å². The van der Waals surface area contributed by atoms with E-state index in [1.807, 2.05) is 24.3 Å². The average molecular weight is 534 g/mol. The fourth-order valence-corrected chi connectivity index (χ4v) is 6.51. The Kier molecular flexibility index (Phi) is 8.79. The second kappa shape index (κ2) is 12.6. The number of rotatable bonds is 13.